The molecule has 0 aliphatic carbocycles. The molecular weight excluding hydrogens is 352 g/mol. The predicted molar refractivity (Wildman–Crippen MR) is 102 cm³/mol. The molecule has 1 aromatic carbocycles. The zero-order valence-electron chi connectivity index (χ0n) is 15.0. The number of aromatic amines is 1. The van der Waals surface area contributed by atoms with Crippen LogP contribution in [0.15, 0.2) is 30.5 Å². The fourth-order valence-electron chi connectivity index (χ4n) is 3.32. The third-order valence-corrected chi connectivity index (χ3v) is 5.83. The van der Waals surface area contributed by atoms with Crippen LogP contribution in [0.25, 0.3) is 10.9 Å². The van der Waals surface area contributed by atoms with Crippen LogP contribution in [0.5, 0.6) is 0 Å². The summed E-state index contributed by atoms with van der Waals surface area (Å²) in [6, 6.07) is 6.99. The number of hydrogen-bond acceptors (Lipinski definition) is 3. The van der Waals surface area contributed by atoms with Crippen LogP contribution in [0.3, 0.4) is 0 Å². The number of carbonyl (C=O) groups excluding carboxylic acids is 1. The van der Waals surface area contributed by atoms with Gasteiger partial charge in [-0.05, 0) is 37.3 Å². The van der Waals surface area contributed by atoms with E-state index in [1.807, 2.05) is 37.4 Å². The van der Waals surface area contributed by atoms with Crippen LogP contribution >= 0.6 is 0 Å². The highest BCUT2D eigenvalue weighted by atomic mass is 32.2. The van der Waals surface area contributed by atoms with Crippen LogP contribution < -0.4 is 9.44 Å². The standard InChI is InChI=1S/C18H26N4O3S/c1-2-9-20-26(24,25)21-17(18(23)22-10-5-6-11-22)12-14-13-19-16-8-4-3-7-15(14)16/h3-4,7-8,13,17,19-21H,2,5-6,9-12H2,1H3. The van der Waals surface area contributed by atoms with Crippen LogP contribution in [0, 0.1) is 0 Å². The SMILES string of the molecule is CCCNS(=O)(=O)NC(Cc1c[nH]c2ccccc12)C(=O)N1CCCC1. The van der Waals surface area contributed by atoms with Crippen molar-refractivity contribution in [3.8, 4) is 0 Å². The zero-order chi connectivity index (χ0) is 18.6. The highest BCUT2D eigenvalue weighted by Crippen LogP contribution is 2.20. The van der Waals surface area contributed by atoms with Gasteiger partial charge in [-0.15, -0.1) is 0 Å². The molecule has 2 heterocycles. The predicted octanol–water partition coefficient (Wildman–Crippen LogP) is 1.54. The van der Waals surface area contributed by atoms with Gasteiger partial charge in [0, 0.05) is 36.7 Å². The Labute approximate surface area is 154 Å². The Hall–Kier alpha value is -1.90. The minimum absolute atomic E-state index is 0.158. The Morgan fingerprint density at radius 1 is 1.27 bits per heavy atom. The second-order valence-electron chi connectivity index (χ2n) is 6.66. The van der Waals surface area contributed by atoms with Crippen molar-refractivity contribution < 1.29 is 13.2 Å². The van der Waals surface area contributed by atoms with Gasteiger partial charge in [-0.3, -0.25) is 4.79 Å². The number of para-hydroxylation sites is 1. The summed E-state index contributed by atoms with van der Waals surface area (Å²) in [4.78, 5) is 17.9. The van der Waals surface area contributed by atoms with Gasteiger partial charge in [0.05, 0.1) is 0 Å². The fraction of sp³-hybridized carbons (Fsp3) is 0.500. The Morgan fingerprint density at radius 3 is 2.73 bits per heavy atom. The molecule has 3 rings (SSSR count). The van der Waals surface area contributed by atoms with Crippen LogP contribution in [0.1, 0.15) is 31.7 Å². The first-order chi connectivity index (χ1) is 12.5. The molecule has 0 spiro atoms. The van der Waals surface area contributed by atoms with Crippen LogP contribution in [-0.2, 0) is 21.4 Å². The molecule has 1 amide bonds. The van der Waals surface area contributed by atoms with Crippen molar-refractivity contribution in [1.29, 1.82) is 0 Å². The van der Waals surface area contributed by atoms with E-state index in [-0.39, 0.29) is 5.91 Å². The van der Waals surface area contributed by atoms with Gasteiger partial charge in [-0.2, -0.15) is 13.1 Å². The van der Waals surface area contributed by atoms with E-state index in [1.165, 1.54) is 0 Å². The normalized spacial score (nSPS) is 16.3. The van der Waals surface area contributed by atoms with E-state index in [9.17, 15) is 13.2 Å². The minimum Gasteiger partial charge on any atom is -0.361 e. The van der Waals surface area contributed by atoms with Crippen molar-refractivity contribution in [2.45, 2.75) is 38.6 Å². The van der Waals surface area contributed by atoms with Gasteiger partial charge in [0.15, 0.2) is 0 Å². The molecule has 0 saturated carbocycles. The number of hydrogen-bond donors (Lipinski definition) is 3. The van der Waals surface area contributed by atoms with Gasteiger partial charge in [0.1, 0.15) is 6.04 Å². The first kappa shape index (κ1) is 18.9. The third kappa shape index (κ3) is 4.44. The number of aromatic nitrogens is 1. The highest BCUT2D eigenvalue weighted by Gasteiger charge is 2.30. The lowest BCUT2D eigenvalue weighted by Gasteiger charge is -2.24. The summed E-state index contributed by atoms with van der Waals surface area (Å²) < 4.78 is 29.7. The summed E-state index contributed by atoms with van der Waals surface area (Å²) in [5, 5.41) is 1.01. The van der Waals surface area contributed by atoms with Crippen LogP contribution in [-0.4, -0.2) is 49.9 Å². The molecule has 1 atom stereocenters. The largest absolute Gasteiger partial charge is 0.361 e. The molecule has 2 aromatic rings. The summed E-state index contributed by atoms with van der Waals surface area (Å²) in [5.74, 6) is -0.158. The van der Waals surface area contributed by atoms with E-state index >= 15 is 0 Å². The van der Waals surface area contributed by atoms with E-state index in [4.69, 9.17) is 0 Å². The Bertz CT molecular complexity index is 856. The van der Waals surface area contributed by atoms with Gasteiger partial charge in [-0.1, -0.05) is 25.1 Å². The smallest absolute Gasteiger partial charge is 0.277 e. The number of carbonyl (C=O) groups is 1. The quantitative estimate of drug-likeness (QED) is 0.650. The van der Waals surface area contributed by atoms with Gasteiger partial charge in [0.25, 0.3) is 10.2 Å². The van der Waals surface area contributed by atoms with Crippen molar-refractivity contribution >= 4 is 27.0 Å². The van der Waals surface area contributed by atoms with Gasteiger partial charge in [0.2, 0.25) is 5.91 Å². The molecular formula is C18H26N4O3S. The molecule has 0 radical (unpaired) electrons. The van der Waals surface area contributed by atoms with Gasteiger partial charge < -0.3 is 9.88 Å². The number of rotatable bonds is 8. The zero-order valence-corrected chi connectivity index (χ0v) is 15.8. The molecule has 7 nitrogen and oxygen atoms in total. The molecule has 3 N–H and O–H groups in total. The average Bonchev–Trinajstić information content (AvgIpc) is 3.29. The Kier molecular flexibility index (Phi) is 5.95. The molecule has 1 aliphatic heterocycles. The molecule has 1 fully saturated rings. The second kappa shape index (κ2) is 8.20. The summed E-state index contributed by atoms with van der Waals surface area (Å²) >= 11 is 0. The Morgan fingerprint density at radius 2 is 2.00 bits per heavy atom. The number of fused-ring (bicyclic) bond motifs is 1. The van der Waals surface area contributed by atoms with Crippen molar-refractivity contribution in [1.82, 2.24) is 19.3 Å². The molecule has 0 bridgehead atoms. The molecule has 8 heteroatoms. The van der Waals surface area contributed by atoms with E-state index in [2.05, 4.69) is 14.4 Å². The number of benzene rings is 1. The summed E-state index contributed by atoms with van der Waals surface area (Å²) in [6.45, 7) is 3.61. The van der Waals surface area contributed by atoms with Crippen molar-refractivity contribution in [3.05, 3.63) is 36.0 Å². The maximum absolute atomic E-state index is 12.9. The maximum atomic E-state index is 12.9. The summed E-state index contributed by atoms with van der Waals surface area (Å²) in [6.07, 6.45) is 4.78. The summed E-state index contributed by atoms with van der Waals surface area (Å²) in [7, 11) is -3.73. The first-order valence-corrected chi connectivity index (χ1v) is 10.6. The minimum atomic E-state index is -3.73. The molecule has 26 heavy (non-hydrogen) atoms. The van der Waals surface area contributed by atoms with E-state index in [1.54, 1.807) is 4.90 Å². The third-order valence-electron chi connectivity index (χ3n) is 4.65. The van der Waals surface area contributed by atoms with Crippen LogP contribution in [0.4, 0.5) is 0 Å². The lowest BCUT2D eigenvalue weighted by molar-refractivity contribution is -0.131. The summed E-state index contributed by atoms with van der Waals surface area (Å²) in [5.41, 5.74) is 1.90. The van der Waals surface area contributed by atoms with Crippen molar-refractivity contribution in [3.63, 3.8) is 0 Å². The van der Waals surface area contributed by atoms with E-state index in [0.717, 1.165) is 29.3 Å². The lowest BCUT2D eigenvalue weighted by Crippen LogP contribution is -2.52. The number of likely N-dealkylation sites (tertiary alicyclic amines) is 1. The second-order valence-corrected chi connectivity index (χ2v) is 8.20. The maximum Gasteiger partial charge on any atom is 0.277 e. The average molecular weight is 378 g/mol. The molecule has 1 unspecified atom stereocenters. The number of amides is 1. The first-order valence-electron chi connectivity index (χ1n) is 9.11. The van der Waals surface area contributed by atoms with Crippen LogP contribution in [0.2, 0.25) is 0 Å². The lowest BCUT2D eigenvalue weighted by atomic mass is 10.0. The topological polar surface area (TPSA) is 94.3 Å². The van der Waals surface area contributed by atoms with Gasteiger partial charge >= 0.3 is 0 Å². The Balaban J connectivity index is 1.83. The van der Waals surface area contributed by atoms with Crippen molar-refractivity contribution in [2.75, 3.05) is 19.6 Å². The highest BCUT2D eigenvalue weighted by molar-refractivity contribution is 7.87. The molecule has 142 valence electrons. The van der Waals surface area contributed by atoms with Gasteiger partial charge in [-0.25, -0.2) is 4.72 Å². The molecule has 1 aromatic heterocycles. The van der Waals surface area contributed by atoms with E-state index < -0.39 is 16.3 Å². The number of nitrogens with zero attached hydrogens (tertiary/aromatic N) is 1. The number of nitrogens with one attached hydrogen (secondary N) is 3. The monoisotopic (exact) mass is 378 g/mol. The van der Waals surface area contributed by atoms with E-state index in [0.29, 0.717) is 32.5 Å². The fourth-order valence-corrected chi connectivity index (χ4v) is 4.44. The van der Waals surface area contributed by atoms with Crippen molar-refractivity contribution in [2.24, 2.45) is 0 Å². The molecule has 1 aliphatic rings. The number of H-pyrrole nitrogens is 1. The molecule has 1 saturated heterocycles.